The first-order valence-electron chi connectivity index (χ1n) is 6.22. The van der Waals surface area contributed by atoms with E-state index in [2.05, 4.69) is 28.9 Å². The standard InChI is InChI=1S/C13H19Cl2N3/c1-17-6-5-10(7-17)8-18(2)9-12-11(14)3-4-13(15)16-12/h3-4,10H,5-9H2,1-2H3. The molecule has 0 N–H and O–H groups in total. The molecule has 1 aliphatic heterocycles. The Morgan fingerprint density at radius 3 is 2.89 bits per heavy atom. The van der Waals surface area contributed by atoms with Crippen LogP contribution in [0.1, 0.15) is 12.1 Å². The molecule has 3 nitrogen and oxygen atoms in total. The van der Waals surface area contributed by atoms with Crippen molar-refractivity contribution in [1.29, 1.82) is 0 Å². The van der Waals surface area contributed by atoms with Gasteiger partial charge in [0.15, 0.2) is 0 Å². The lowest BCUT2D eigenvalue weighted by Crippen LogP contribution is -2.27. The van der Waals surface area contributed by atoms with Crippen LogP contribution in [-0.4, -0.2) is 48.5 Å². The van der Waals surface area contributed by atoms with Crippen LogP contribution in [0.3, 0.4) is 0 Å². The van der Waals surface area contributed by atoms with Gasteiger partial charge in [-0.25, -0.2) is 4.98 Å². The number of halogens is 2. The summed E-state index contributed by atoms with van der Waals surface area (Å²) in [4.78, 5) is 8.93. The molecule has 1 aromatic rings. The molecule has 0 spiro atoms. The van der Waals surface area contributed by atoms with Crippen LogP contribution in [-0.2, 0) is 6.54 Å². The normalized spacial score (nSPS) is 20.8. The Balaban J connectivity index is 1.90. The van der Waals surface area contributed by atoms with Gasteiger partial charge in [0, 0.05) is 19.6 Å². The third-order valence-electron chi connectivity index (χ3n) is 3.36. The number of pyridine rings is 1. The molecule has 1 atom stereocenters. The fourth-order valence-electron chi connectivity index (χ4n) is 2.50. The highest BCUT2D eigenvalue weighted by molar-refractivity contribution is 6.32. The minimum Gasteiger partial charge on any atom is -0.306 e. The van der Waals surface area contributed by atoms with Crippen LogP contribution >= 0.6 is 23.2 Å². The zero-order chi connectivity index (χ0) is 13.1. The first-order valence-corrected chi connectivity index (χ1v) is 6.98. The number of nitrogens with zero attached hydrogens (tertiary/aromatic N) is 3. The summed E-state index contributed by atoms with van der Waals surface area (Å²) < 4.78 is 0. The van der Waals surface area contributed by atoms with Gasteiger partial charge >= 0.3 is 0 Å². The van der Waals surface area contributed by atoms with E-state index >= 15 is 0 Å². The lowest BCUT2D eigenvalue weighted by atomic mass is 10.1. The average Bonchev–Trinajstić information content (AvgIpc) is 2.69. The zero-order valence-electron chi connectivity index (χ0n) is 10.9. The second kappa shape index (κ2) is 6.20. The Kier molecular flexibility index (Phi) is 4.84. The molecule has 5 heteroatoms. The van der Waals surface area contributed by atoms with Crippen molar-refractivity contribution in [2.45, 2.75) is 13.0 Å². The summed E-state index contributed by atoms with van der Waals surface area (Å²) in [6, 6.07) is 3.53. The SMILES string of the molecule is CN1CCC(CN(C)Cc2nc(Cl)ccc2Cl)C1. The largest absolute Gasteiger partial charge is 0.306 e. The van der Waals surface area contributed by atoms with Crippen molar-refractivity contribution in [1.82, 2.24) is 14.8 Å². The molecule has 0 amide bonds. The number of hydrogen-bond acceptors (Lipinski definition) is 3. The predicted octanol–water partition coefficient (Wildman–Crippen LogP) is 2.77. The van der Waals surface area contributed by atoms with Gasteiger partial charge in [0.1, 0.15) is 5.15 Å². The Hall–Kier alpha value is -0.350. The van der Waals surface area contributed by atoms with Crippen molar-refractivity contribution in [3.63, 3.8) is 0 Å². The van der Waals surface area contributed by atoms with Crippen molar-refractivity contribution < 1.29 is 0 Å². The molecular formula is C13H19Cl2N3. The molecule has 0 radical (unpaired) electrons. The molecule has 1 aromatic heterocycles. The Morgan fingerprint density at radius 2 is 2.22 bits per heavy atom. The van der Waals surface area contributed by atoms with E-state index in [4.69, 9.17) is 23.2 Å². The lowest BCUT2D eigenvalue weighted by Gasteiger charge is -2.21. The van der Waals surface area contributed by atoms with Gasteiger partial charge in [0.25, 0.3) is 0 Å². The van der Waals surface area contributed by atoms with Crippen LogP contribution in [0.4, 0.5) is 0 Å². The molecule has 18 heavy (non-hydrogen) atoms. The van der Waals surface area contributed by atoms with Crippen molar-refractivity contribution in [3.05, 3.63) is 28.0 Å². The van der Waals surface area contributed by atoms with Gasteiger partial charge in [-0.05, 0) is 45.1 Å². The van der Waals surface area contributed by atoms with Crippen LogP contribution in [0.15, 0.2) is 12.1 Å². The first-order chi connectivity index (χ1) is 8.54. The van der Waals surface area contributed by atoms with Crippen LogP contribution in [0.5, 0.6) is 0 Å². The second-order valence-corrected chi connectivity index (χ2v) is 5.97. The van der Waals surface area contributed by atoms with Gasteiger partial charge in [-0.3, -0.25) is 0 Å². The molecule has 1 saturated heterocycles. The van der Waals surface area contributed by atoms with E-state index in [1.807, 2.05) is 6.07 Å². The number of hydrogen-bond donors (Lipinski definition) is 0. The predicted molar refractivity (Wildman–Crippen MR) is 76.2 cm³/mol. The summed E-state index contributed by atoms with van der Waals surface area (Å²) in [5.74, 6) is 0.748. The summed E-state index contributed by atoms with van der Waals surface area (Å²) in [5.41, 5.74) is 0.859. The van der Waals surface area contributed by atoms with Gasteiger partial charge in [0.2, 0.25) is 0 Å². The maximum Gasteiger partial charge on any atom is 0.129 e. The maximum atomic E-state index is 6.12. The molecule has 2 rings (SSSR count). The van der Waals surface area contributed by atoms with Crippen molar-refractivity contribution in [2.75, 3.05) is 33.7 Å². The van der Waals surface area contributed by atoms with Crippen molar-refractivity contribution >= 4 is 23.2 Å². The average molecular weight is 288 g/mol. The van der Waals surface area contributed by atoms with E-state index in [1.54, 1.807) is 6.07 Å². The molecule has 0 saturated carbocycles. The molecule has 0 aliphatic carbocycles. The highest BCUT2D eigenvalue weighted by Gasteiger charge is 2.21. The summed E-state index contributed by atoms with van der Waals surface area (Å²) in [7, 11) is 4.28. The molecule has 2 heterocycles. The van der Waals surface area contributed by atoms with E-state index in [0.29, 0.717) is 10.2 Å². The minimum atomic E-state index is 0.503. The molecule has 0 bridgehead atoms. The lowest BCUT2D eigenvalue weighted by molar-refractivity contribution is 0.265. The van der Waals surface area contributed by atoms with E-state index in [0.717, 1.165) is 24.7 Å². The van der Waals surface area contributed by atoms with Crippen LogP contribution in [0.25, 0.3) is 0 Å². The topological polar surface area (TPSA) is 19.4 Å². The van der Waals surface area contributed by atoms with Gasteiger partial charge in [-0.15, -0.1) is 0 Å². The van der Waals surface area contributed by atoms with Crippen LogP contribution < -0.4 is 0 Å². The summed E-state index contributed by atoms with van der Waals surface area (Å²) in [5, 5.41) is 1.19. The van der Waals surface area contributed by atoms with E-state index < -0.39 is 0 Å². The van der Waals surface area contributed by atoms with Gasteiger partial charge in [0.05, 0.1) is 10.7 Å². The smallest absolute Gasteiger partial charge is 0.129 e. The Morgan fingerprint density at radius 1 is 1.44 bits per heavy atom. The fraction of sp³-hybridized carbons (Fsp3) is 0.615. The summed E-state index contributed by atoms with van der Waals surface area (Å²) >= 11 is 12.0. The zero-order valence-corrected chi connectivity index (χ0v) is 12.4. The first kappa shape index (κ1) is 14.1. The van der Waals surface area contributed by atoms with E-state index in [1.165, 1.54) is 19.5 Å². The van der Waals surface area contributed by atoms with Crippen molar-refractivity contribution in [3.8, 4) is 0 Å². The van der Waals surface area contributed by atoms with E-state index in [-0.39, 0.29) is 0 Å². The van der Waals surface area contributed by atoms with E-state index in [9.17, 15) is 0 Å². The van der Waals surface area contributed by atoms with Gasteiger partial charge in [-0.1, -0.05) is 23.2 Å². The molecule has 1 aliphatic rings. The second-order valence-electron chi connectivity index (χ2n) is 5.18. The number of rotatable bonds is 4. The highest BCUT2D eigenvalue weighted by Crippen LogP contribution is 2.20. The van der Waals surface area contributed by atoms with Gasteiger partial charge in [-0.2, -0.15) is 0 Å². The minimum absolute atomic E-state index is 0.503. The molecule has 0 aromatic carbocycles. The van der Waals surface area contributed by atoms with Gasteiger partial charge < -0.3 is 9.80 Å². The Labute approximate surface area is 119 Å². The Bertz CT molecular complexity index is 411. The number of aromatic nitrogens is 1. The van der Waals surface area contributed by atoms with Crippen molar-refractivity contribution in [2.24, 2.45) is 5.92 Å². The highest BCUT2D eigenvalue weighted by atomic mass is 35.5. The summed E-state index contributed by atoms with van der Waals surface area (Å²) in [6.45, 7) is 4.21. The molecular weight excluding hydrogens is 269 g/mol. The monoisotopic (exact) mass is 287 g/mol. The third-order valence-corrected chi connectivity index (χ3v) is 3.92. The molecule has 100 valence electrons. The molecule has 1 unspecified atom stereocenters. The third kappa shape index (κ3) is 3.82. The van der Waals surface area contributed by atoms with Crippen LogP contribution in [0, 0.1) is 5.92 Å². The fourth-order valence-corrected chi connectivity index (χ4v) is 2.83. The maximum absolute atomic E-state index is 6.12. The summed E-state index contributed by atoms with van der Waals surface area (Å²) in [6.07, 6.45) is 1.28. The molecule has 1 fully saturated rings. The number of likely N-dealkylation sites (tertiary alicyclic amines) is 1. The quantitative estimate of drug-likeness (QED) is 0.794. The van der Waals surface area contributed by atoms with Crippen LogP contribution in [0.2, 0.25) is 10.2 Å².